The second kappa shape index (κ2) is 6.58. The first-order valence-electron chi connectivity index (χ1n) is 8.11. The van der Waals surface area contributed by atoms with E-state index in [1.165, 1.54) is 12.8 Å². The van der Waals surface area contributed by atoms with Gasteiger partial charge in [-0.25, -0.2) is 0 Å². The molecule has 0 unspecified atom stereocenters. The van der Waals surface area contributed by atoms with Crippen LogP contribution >= 0.6 is 0 Å². The van der Waals surface area contributed by atoms with Crippen molar-refractivity contribution in [2.75, 3.05) is 26.2 Å². The molecule has 0 bridgehead atoms. The van der Waals surface area contributed by atoms with Crippen molar-refractivity contribution in [3.8, 4) is 6.07 Å². The van der Waals surface area contributed by atoms with Crippen molar-refractivity contribution in [1.29, 1.82) is 5.26 Å². The Balaban J connectivity index is 1.98. The fraction of sp³-hybridized carbons (Fsp3) is 0.875. The summed E-state index contributed by atoms with van der Waals surface area (Å²) in [7, 11) is 0. The predicted molar refractivity (Wildman–Crippen MR) is 79.0 cm³/mol. The average Bonchev–Trinajstić information content (AvgIpc) is 3.31. The van der Waals surface area contributed by atoms with Gasteiger partial charge in [-0.2, -0.15) is 5.26 Å². The van der Waals surface area contributed by atoms with Crippen LogP contribution in [0, 0.1) is 16.7 Å². The quantitative estimate of drug-likeness (QED) is 0.749. The number of rotatable bonds is 6. The number of nitriles is 1. The van der Waals surface area contributed by atoms with Gasteiger partial charge in [0.15, 0.2) is 0 Å². The van der Waals surface area contributed by atoms with Crippen molar-refractivity contribution in [2.24, 2.45) is 5.41 Å². The molecular formula is C16H27N3O. The Morgan fingerprint density at radius 2 is 1.70 bits per heavy atom. The van der Waals surface area contributed by atoms with Crippen LogP contribution in [0.15, 0.2) is 0 Å². The van der Waals surface area contributed by atoms with Crippen molar-refractivity contribution < 1.29 is 4.79 Å². The predicted octanol–water partition coefficient (Wildman–Crippen LogP) is 2.40. The number of piperazine rings is 1. The highest BCUT2D eigenvalue weighted by molar-refractivity contribution is 5.85. The third kappa shape index (κ3) is 3.15. The van der Waals surface area contributed by atoms with E-state index in [1.54, 1.807) is 0 Å². The minimum Gasteiger partial charge on any atom is -0.339 e. The molecule has 2 aliphatic rings. The van der Waals surface area contributed by atoms with Crippen LogP contribution < -0.4 is 0 Å². The summed E-state index contributed by atoms with van der Waals surface area (Å²) in [6.45, 7) is 7.67. The highest BCUT2D eigenvalue weighted by Gasteiger charge is 2.41. The molecule has 20 heavy (non-hydrogen) atoms. The smallest absolute Gasteiger partial charge is 0.243 e. The van der Waals surface area contributed by atoms with Crippen molar-refractivity contribution in [1.82, 2.24) is 9.80 Å². The van der Waals surface area contributed by atoms with E-state index in [-0.39, 0.29) is 5.91 Å². The van der Waals surface area contributed by atoms with Crippen molar-refractivity contribution in [3.63, 3.8) is 0 Å². The van der Waals surface area contributed by atoms with Crippen LogP contribution in [0.5, 0.6) is 0 Å². The third-order valence-electron chi connectivity index (χ3n) is 4.64. The van der Waals surface area contributed by atoms with Crippen LogP contribution in [0.4, 0.5) is 0 Å². The molecule has 0 radical (unpaired) electrons. The first-order valence-corrected chi connectivity index (χ1v) is 8.11. The number of amides is 1. The zero-order chi connectivity index (χ0) is 14.6. The van der Waals surface area contributed by atoms with E-state index in [9.17, 15) is 10.1 Å². The average molecular weight is 277 g/mol. The summed E-state index contributed by atoms with van der Waals surface area (Å²) in [5, 5.41) is 9.58. The van der Waals surface area contributed by atoms with Crippen LogP contribution in [0.25, 0.3) is 0 Å². The Hall–Kier alpha value is -1.08. The third-order valence-corrected chi connectivity index (χ3v) is 4.64. The minimum absolute atomic E-state index is 0.0825. The van der Waals surface area contributed by atoms with Gasteiger partial charge in [0.25, 0.3) is 0 Å². The lowest BCUT2D eigenvalue weighted by Gasteiger charge is -2.38. The first-order chi connectivity index (χ1) is 9.66. The summed E-state index contributed by atoms with van der Waals surface area (Å²) >= 11 is 0. The second-order valence-corrected chi connectivity index (χ2v) is 6.25. The van der Waals surface area contributed by atoms with Crippen LogP contribution in [-0.2, 0) is 4.79 Å². The van der Waals surface area contributed by atoms with Gasteiger partial charge >= 0.3 is 0 Å². The Morgan fingerprint density at radius 1 is 1.15 bits per heavy atom. The SMILES string of the molecule is CCCC(C#N)(CCC)C(=O)N1CCN(C2CC2)CC1. The Morgan fingerprint density at radius 3 is 2.10 bits per heavy atom. The summed E-state index contributed by atoms with van der Waals surface area (Å²) in [5.74, 6) is 0.0825. The largest absolute Gasteiger partial charge is 0.339 e. The van der Waals surface area contributed by atoms with E-state index in [2.05, 4.69) is 24.8 Å². The van der Waals surface area contributed by atoms with Crippen molar-refractivity contribution in [3.05, 3.63) is 0 Å². The molecule has 0 N–H and O–H groups in total. The maximum atomic E-state index is 12.8. The van der Waals surface area contributed by atoms with E-state index in [4.69, 9.17) is 0 Å². The van der Waals surface area contributed by atoms with Crippen molar-refractivity contribution in [2.45, 2.75) is 58.4 Å². The van der Waals surface area contributed by atoms with Gasteiger partial charge < -0.3 is 4.90 Å². The van der Waals surface area contributed by atoms with Crippen LogP contribution in [0.2, 0.25) is 0 Å². The maximum absolute atomic E-state index is 12.8. The van der Waals surface area contributed by atoms with Gasteiger partial charge in [0.1, 0.15) is 5.41 Å². The molecule has 2 fully saturated rings. The molecule has 1 aliphatic carbocycles. The van der Waals surface area contributed by atoms with Gasteiger partial charge in [-0.05, 0) is 25.7 Å². The van der Waals surface area contributed by atoms with E-state index in [0.717, 1.165) is 45.1 Å². The van der Waals surface area contributed by atoms with E-state index >= 15 is 0 Å². The van der Waals surface area contributed by atoms with E-state index in [1.807, 2.05) is 4.90 Å². The van der Waals surface area contributed by atoms with Gasteiger partial charge in [-0.15, -0.1) is 0 Å². The molecule has 0 aromatic carbocycles. The molecule has 1 saturated carbocycles. The zero-order valence-electron chi connectivity index (χ0n) is 12.9. The van der Waals surface area contributed by atoms with Gasteiger partial charge in [0.2, 0.25) is 5.91 Å². The first kappa shape index (κ1) is 15.3. The maximum Gasteiger partial charge on any atom is 0.243 e. The summed E-state index contributed by atoms with van der Waals surface area (Å²) in [6.07, 6.45) is 5.81. The molecule has 1 amide bonds. The number of nitrogens with zero attached hydrogens (tertiary/aromatic N) is 3. The molecule has 112 valence electrons. The lowest BCUT2D eigenvalue weighted by Crippen LogP contribution is -2.53. The Kier molecular flexibility index (Phi) is 5.04. The molecule has 1 heterocycles. The second-order valence-electron chi connectivity index (χ2n) is 6.25. The summed E-state index contributed by atoms with van der Waals surface area (Å²) in [6, 6.07) is 3.13. The van der Waals surface area contributed by atoms with E-state index in [0.29, 0.717) is 12.8 Å². The number of carbonyl (C=O) groups is 1. The monoisotopic (exact) mass is 277 g/mol. The highest BCUT2D eigenvalue weighted by atomic mass is 16.2. The Bertz CT molecular complexity index is 370. The molecule has 0 aromatic heterocycles. The normalized spacial score (nSPS) is 20.8. The zero-order valence-corrected chi connectivity index (χ0v) is 12.9. The van der Waals surface area contributed by atoms with Crippen LogP contribution in [-0.4, -0.2) is 47.9 Å². The van der Waals surface area contributed by atoms with Gasteiger partial charge in [0.05, 0.1) is 6.07 Å². The molecular weight excluding hydrogens is 250 g/mol. The van der Waals surface area contributed by atoms with Crippen LogP contribution in [0.3, 0.4) is 0 Å². The molecule has 4 heteroatoms. The molecule has 4 nitrogen and oxygen atoms in total. The lowest BCUT2D eigenvalue weighted by molar-refractivity contribution is -0.141. The molecule has 2 rings (SSSR count). The fourth-order valence-corrected chi connectivity index (χ4v) is 3.38. The van der Waals surface area contributed by atoms with Gasteiger partial charge in [0, 0.05) is 32.2 Å². The number of hydrogen-bond donors (Lipinski definition) is 0. The molecule has 1 aliphatic heterocycles. The topological polar surface area (TPSA) is 47.3 Å². The molecule has 0 aromatic rings. The van der Waals surface area contributed by atoms with Crippen LogP contribution in [0.1, 0.15) is 52.4 Å². The number of hydrogen-bond acceptors (Lipinski definition) is 3. The highest BCUT2D eigenvalue weighted by Crippen LogP contribution is 2.33. The Labute approximate surface area is 122 Å². The summed E-state index contributed by atoms with van der Waals surface area (Å²) in [4.78, 5) is 17.2. The fourth-order valence-electron chi connectivity index (χ4n) is 3.38. The number of carbonyl (C=O) groups excluding carboxylic acids is 1. The van der Waals surface area contributed by atoms with Gasteiger partial charge in [-0.3, -0.25) is 9.69 Å². The van der Waals surface area contributed by atoms with Crippen molar-refractivity contribution >= 4 is 5.91 Å². The summed E-state index contributed by atoms with van der Waals surface area (Å²) < 4.78 is 0. The molecule has 0 spiro atoms. The molecule has 0 atom stereocenters. The standard InChI is InChI=1S/C16H27N3O/c1-3-7-16(13-17,8-4-2)15(20)19-11-9-18(10-12-19)14-5-6-14/h14H,3-12H2,1-2H3. The lowest BCUT2D eigenvalue weighted by atomic mass is 9.79. The minimum atomic E-state index is -0.773. The molecule has 1 saturated heterocycles. The van der Waals surface area contributed by atoms with Gasteiger partial charge in [-0.1, -0.05) is 26.7 Å². The van der Waals surface area contributed by atoms with E-state index < -0.39 is 5.41 Å². The summed E-state index contributed by atoms with van der Waals surface area (Å²) in [5.41, 5.74) is -0.773.